The van der Waals surface area contributed by atoms with Gasteiger partial charge < -0.3 is 15.7 Å². The van der Waals surface area contributed by atoms with Gasteiger partial charge in [-0.15, -0.1) is 0 Å². The van der Waals surface area contributed by atoms with E-state index in [1.807, 2.05) is 41.5 Å². The molecule has 0 aromatic heterocycles. The first-order valence-corrected chi connectivity index (χ1v) is 7.94. The SMILES string of the molecule is CC.CC(O)CC(C)C(=O)NC(C(=O)NC(C)C)C(C)C. The molecular weight excluding hydrogens is 268 g/mol. The summed E-state index contributed by atoms with van der Waals surface area (Å²) in [5.74, 6) is -0.657. The molecule has 5 nitrogen and oxygen atoms in total. The van der Waals surface area contributed by atoms with E-state index in [0.717, 1.165) is 0 Å². The van der Waals surface area contributed by atoms with Crippen molar-refractivity contribution in [2.24, 2.45) is 11.8 Å². The zero-order chi connectivity index (χ0) is 17.2. The van der Waals surface area contributed by atoms with Gasteiger partial charge in [0, 0.05) is 12.0 Å². The third-order valence-electron chi connectivity index (χ3n) is 2.82. The van der Waals surface area contributed by atoms with Crippen molar-refractivity contribution in [3.05, 3.63) is 0 Å². The molecule has 5 heteroatoms. The van der Waals surface area contributed by atoms with Crippen LogP contribution in [0.25, 0.3) is 0 Å². The summed E-state index contributed by atoms with van der Waals surface area (Å²) in [5.41, 5.74) is 0. The molecule has 0 saturated heterocycles. The molecule has 0 aliphatic rings. The molecule has 21 heavy (non-hydrogen) atoms. The predicted octanol–water partition coefficient (Wildman–Crippen LogP) is 2.08. The Kier molecular flexibility index (Phi) is 12.2. The molecule has 0 spiro atoms. The van der Waals surface area contributed by atoms with Crippen LogP contribution in [0.2, 0.25) is 0 Å². The first kappa shape index (κ1) is 22.2. The van der Waals surface area contributed by atoms with Gasteiger partial charge in [0.05, 0.1) is 6.10 Å². The lowest BCUT2D eigenvalue weighted by molar-refractivity contribution is -0.132. The van der Waals surface area contributed by atoms with Crippen LogP contribution in [0, 0.1) is 11.8 Å². The fourth-order valence-electron chi connectivity index (χ4n) is 1.82. The van der Waals surface area contributed by atoms with E-state index in [0.29, 0.717) is 6.42 Å². The molecule has 0 aliphatic carbocycles. The van der Waals surface area contributed by atoms with Crippen molar-refractivity contribution in [3.8, 4) is 0 Å². The largest absolute Gasteiger partial charge is 0.393 e. The molecule has 0 aromatic carbocycles. The predicted molar refractivity (Wildman–Crippen MR) is 86.9 cm³/mol. The summed E-state index contributed by atoms with van der Waals surface area (Å²) in [6.45, 7) is 14.9. The molecule has 0 radical (unpaired) electrons. The standard InChI is InChI=1S/C14H28N2O3.C2H6/c1-8(2)12(14(19)15-9(3)4)16-13(18)10(5)7-11(6)17;1-2/h8-12,17H,7H2,1-6H3,(H,15,19)(H,16,18);1-2H3. The van der Waals surface area contributed by atoms with Crippen LogP contribution in [-0.2, 0) is 9.59 Å². The van der Waals surface area contributed by atoms with E-state index in [1.54, 1.807) is 13.8 Å². The molecule has 0 bridgehead atoms. The maximum atomic E-state index is 12.0. The van der Waals surface area contributed by atoms with E-state index in [2.05, 4.69) is 10.6 Å². The Morgan fingerprint density at radius 3 is 1.71 bits per heavy atom. The fraction of sp³-hybridized carbons (Fsp3) is 0.875. The van der Waals surface area contributed by atoms with E-state index < -0.39 is 12.1 Å². The first-order chi connectivity index (χ1) is 9.65. The molecule has 2 amide bonds. The van der Waals surface area contributed by atoms with Crippen molar-refractivity contribution >= 4 is 11.8 Å². The third-order valence-corrected chi connectivity index (χ3v) is 2.82. The second kappa shape index (κ2) is 11.5. The van der Waals surface area contributed by atoms with E-state index in [-0.39, 0.29) is 29.7 Å². The van der Waals surface area contributed by atoms with Crippen LogP contribution >= 0.6 is 0 Å². The van der Waals surface area contributed by atoms with Crippen molar-refractivity contribution in [1.82, 2.24) is 10.6 Å². The van der Waals surface area contributed by atoms with Gasteiger partial charge in [0.2, 0.25) is 11.8 Å². The molecule has 0 rings (SSSR count). The van der Waals surface area contributed by atoms with Gasteiger partial charge in [-0.25, -0.2) is 0 Å². The van der Waals surface area contributed by atoms with Crippen LogP contribution in [-0.4, -0.2) is 35.1 Å². The van der Waals surface area contributed by atoms with Gasteiger partial charge in [0.1, 0.15) is 6.04 Å². The minimum absolute atomic E-state index is 0.0152. The first-order valence-electron chi connectivity index (χ1n) is 7.94. The molecule has 3 N–H and O–H groups in total. The lowest BCUT2D eigenvalue weighted by Crippen LogP contribution is -2.52. The van der Waals surface area contributed by atoms with Gasteiger partial charge >= 0.3 is 0 Å². The van der Waals surface area contributed by atoms with E-state index in [1.165, 1.54) is 0 Å². The summed E-state index contributed by atoms with van der Waals surface area (Å²) >= 11 is 0. The van der Waals surface area contributed by atoms with Crippen LogP contribution < -0.4 is 10.6 Å². The number of hydrogen-bond donors (Lipinski definition) is 3. The summed E-state index contributed by atoms with van der Waals surface area (Å²) in [7, 11) is 0. The smallest absolute Gasteiger partial charge is 0.243 e. The van der Waals surface area contributed by atoms with Crippen molar-refractivity contribution < 1.29 is 14.7 Å². The summed E-state index contributed by atoms with van der Waals surface area (Å²) in [6, 6.07) is -0.494. The molecule has 3 atom stereocenters. The fourth-order valence-corrected chi connectivity index (χ4v) is 1.82. The lowest BCUT2D eigenvalue weighted by atomic mass is 9.99. The number of rotatable bonds is 7. The van der Waals surface area contributed by atoms with Crippen LogP contribution in [0.15, 0.2) is 0 Å². The number of aliphatic hydroxyl groups is 1. The zero-order valence-electron chi connectivity index (χ0n) is 14.9. The highest BCUT2D eigenvalue weighted by molar-refractivity contribution is 5.88. The number of nitrogens with one attached hydrogen (secondary N) is 2. The van der Waals surface area contributed by atoms with Gasteiger partial charge in [-0.1, -0.05) is 34.6 Å². The highest BCUT2D eigenvalue weighted by Crippen LogP contribution is 2.09. The Balaban J connectivity index is 0. The van der Waals surface area contributed by atoms with Gasteiger partial charge in [-0.3, -0.25) is 9.59 Å². The van der Waals surface area contributed by atoms with Gasteiger partial charge in [-0.2, -0.15) is 0 Å². The number of aliphatic hydroxyl groups excluding tert-OH is 1. The van der Waals surface area contributed by atoms with Crippen molar-refractivity contribution in [3.63, 3.8) is 0 Å². The molecule has 126 valence electrons. The number of carbonyl (C=O) groups is 2. The van der Waals surface area contributed by atoms with E-state index in [4.69, 9.17) is 0 Å². The van der Waals surface area contributed by atoms with Crippen LogP contribution in [0.4, 0.5) is 0 Å². The van der Waals surface area contributed by atoms with Crippen LogP contribution in [0.5, 0.6) is 0 Å². The molecular formula is C16H34N2O3. The quantitative estimate of drug-likeness (QED) is 0.674. The Labute approximate surface area is 129 Å². The van der Waals surface area contributed by atoms with Crippen LogP contribution in [0.3, 0.4) is 0 Å². The van der Waals surface area contributed by atoms with Gasteiger partial charge in [-0.05, 0) is 33.1 Å². The third kappa shape index (κ3) is 10.3. The normalized spacial score (nSPS) is 14.8. The second-order valence-corrected chi connectivity index (χ2v) is 5.88. The molecule has 3 unspecified atom stereocenters. The summed E-state index contributed by atoms with van der Waals surface area (Å²) in [6.07, 6.45) is -0.134. The molecule has 0 saturated carbocycles. The minimum Gasteiger partial charge on any atom is -0.393 e. The average Bonchev–Trinajstić information content (AvgIpc) is 2.35. The number of carbonyl (C=O) groups excluding carboxylic acids is 2. The molecule has 0 heterocycles. The van der Waals surface area contributed by atoms with Gasteiger partial charge in [0.15, 0.2) is 0 Å². The topological polar surface area (TPSA) is 78.4 Å². The molecule has 0 fully saturated rings. The Bertz CT molecular complexity index is 302. The highest BCUT2D eigenvalue weighted by Gasteiger charge is 2.26. The lowest BCUT2D eigenvalue weighted by Gasteiger charge is -2.24. The number of hydrogen-bond acceptors (Lipinski definition) is 3. The Morgan fingerprint density at radius 1 is 0.905 bits per heavy atom. The highest BCUT2D eigenvalue weighted by atomic mass is 16.3. The monoisotopic (exact) mass is 302 g/mol. The molecule has 0 aliphatic heterocycles. The summed E-state index contributed by atoms with van der Waals surface area (Å²) in [4.78, 5) is 24.0. The number of amides is 2. The summed E-state index contributed by atoms with van der Waals surface area (Å²) < 4.78 is 0. The average molecular weight is 302 g/mol. The van der Waals surface area contributed by atoms with Gasteiger partial charge in [0.25, 0.3) is 0 Å². The van der Waals surface area contributed by atoms with Crippen molar-refractivity contribution in [2.75, 3.05) is 0 Å². The summed E-state index contributed by atoms with van der Waals surface area (Å²) in [5, 5.41) is 14.9. The van der Waals surface area contributed by atoms with E-state index in [9.17, 15) is 14.7 Å². The maximum Gasteiger partial charge on any atom is 0.243 e. The Morgan fingerprint density at radius 2 is 1.38 bits per heavy atom. The Hall–Kier alpha value is -1.10. The zero-order valence-corrected chi connectivity index (χ0v) is 14.9. The second-order valence-electron chi connectivity index (χ2n) is 5.88. The van der Waals surface area contributed by atoms with Crippen LogP contribution in [0.1, 0.15) is 61.8 Å². The maximum absolute atomic E-state index is 12.0. The van der Waals surface area contributed by atoms with E-state index >= 15 is 0 Å². The minimum atomic E-state index is -0.536. The van der Waals surface area contributed by atoms with Crippen molar-refractivity contribution in [2.45, 2.75) is 80.0 Å². The van der Waals surface area contributed by atoms with Crippen molar-refractivity contribution in [1.29, 1.82) is 0 Å². The molecule has 0 aromatic rings.